The van der Waals surface area contributed by atoms with Gasteiger partial charge in [0.25, 0.3) is 0 Å². The molecular formula is C9H12N2O. The zero-order valence-electron chi connectivity index (χ0n) is 7.42. The molecule has 0 bridgehead atoms. The van der Waals surface area contributed by atoms with Gasteiger partial charge >= 0.3 is 0 Å². The highest BCUT2D eigenvalue weighted by Gasteiger charge is 2.15. The van der Waals surface area contributed by atoms with Crippen LogP contribution in [-0.4, -0.2) is 16.6 Å². The number of aryl methyl sites for hydroxylation is 3. The van der Waals surface area contributed by atoms with Gasteiger partial charge in [-0.15, -0.1) is 0 Å². The molecule has 1 aromatic rings. The Labute approximate surface area is 71.8 Å². The van der Waals surface area contributed by atoms with Crippen molar-refractivity contribution in [2.24, 2.45) is 0 Å². The summed E-state index contributed by atoms with van der Waals surface area (Å²) in [6.45, 7) is 4.70. The molecule has 0 aliphatic carbocycles. The Balaban J connectivity index is 2.53. The van der Waals surface area contributed by atoms with Crippen molar-refractivity contribution >= 4 is 0 Å². The molecule has 2 rings (SSSR count). The molecular weight excluding hydrogens is 152 g/mol. The highest BCUT2D eigenvalue weighted by molar-refractivity contribution is 5.33. The predicted molar refractivity (Wildman–Crippen MR) is 45.3 cm³/mol. The van der Waals surface area contributed by atoms with Gasteiger partial charge in [-0.25, -0.2) is 9.97 Å². The Bertz CT molecular complexity index is 310. The van der Waals surface area contributed by atoms with E-state index in [4.69, 9.17) is 4.74 Å². The lowest BCUT2D eigenvalue weighted by atomic mass is 10.1. The summed E-state index contributed by atoms with van der Waals surface area (Å²) in [7, 11) is 0. The minimum atomic E-state index is 0.806. The smallest absolute Gasteiger partial charge is 0.161 e. The van der Waals surface area contributed by atoms with Gasteiger partial charge in [-0.3, -0.25) is 0 Å². The number of fused-ring (bicyclic) bond motifs is 1. The lowest BCUT2D eigenvalue weighted by Gasteiger charge is -2.17. The molecule has 0 atom stereocenters. The van der Waals surface area contributed by atoms with Crippen LogP contribution in [0.5, 0.6) is 5.75 Å². The average Bonchev–Trinajstić information content (AvgIpc) is 2.04. The van der Waals surface area contributed by atoms with Gasteiger partial charge in [-0.2, -0.15) is 0 Å². The fourth-order valence-electron chi connectivity index (χ4n) is 1.54. The summed E-state index contributed by atoms with van der Waals surface area (Å²) in [6, 6.07) is 0. The van der Waals surface area contributed by atoms with Crippen molar-refractivity contribution in [3.05, 3.63) is 17.2 Å². The van der Waals surface area contributed by atoms with Crippen molar-refractivity contribution in [1.82, 2.24) is 9.97 Å². The molecule has 0 saturated heterocycles. The first-order valence-corrected chi connectivity index (χ1v) is 4.24. The zero-order chi connectivity index (χ0) is 8.55. The van der Waals surface area contributed by atoms with Gasteiger partial charge in [0, 0.05) is 0 Å². The van der Waals surface area contributed by atoms with Gasteiger partial charge in [0.15, 0.2) is 5.75 Å². The monoisotopic (exact) mass is 164 g/mol. The summed E-state index contributed by atoms with van der Waals surface area (Å²) in [5, 5.41) is 0. The van der Waals surface area contributed by atoms with Crippen molar-refractivity contribution in [3.8, 4) is 5.75 Å². The number of nitrogens with zero attached hydrogens (tertiary/aromatic N) is 2. The molecule has 3 nitrogen and oxygen atoms in total. The Hall–Kier alpha value is -1.12. The fraction of sp³-hybridized carbons (Fsp3) is 0.556. The maximum absolute atomic E-state index is 5.48. The number of hydrogen-bond acceptors (Lipinski definition) is 3. The number of ether oxygens (including phenoxy) is 1. The first kappa shape index (κ1) is 7.53. The van der Waals surface area contributed by atoms with Crippen molar-refractivity contribution in [1.29, 1.82) is 0 Å². The third-order valence-electron chi connectivity index (χ3n) is 2.02. The third kappa shape index (κ3) is 1.15. The molecule has 1 aliphatic rings. The highest BCUT2D eigenvalue weighted by Crippen LogP contribution is 2.25. The van der Waals surface area contributed by atoms with Crippen molar-refractivity contribution < 1.29 is 4.74 Å². The Kier molecular flexibility index (Phi) is 1.71. The number of aromatic nitrogens is 2. The second-order valence-electron chi connectivity index (χ2n) is 3.08. The molecule has 0 unspecified atom stereocenters. The van der Waals surface area contributed by atoms with E-state index >= 15 is 0 Å². The average molecular weight is 164 g/mol. The quantitative estimate of drug-likeness (QED) is 0.581. The second-order valence-corrected chi connectivity index (χ2v) is 3.08. The van der Waals surface area contributed by atoms with Crippen LogP contribution < -0.4 is 4.74 Å². The maximum Gasteiger partial charge on any atom is 0.161 e. The molecule has 3 heteroatoms. The molecule has 0 radical (unpaired) electrons. The van der Waals surface area contributed by atoms with Crippen molar-refractivity contribution in [3.63, 3.8) is 0 Å². The summed E-state index contributed by atoms with van der Waals surface area (Å²) in [4.78, 5) is 8.59. The van der Waals surface area contributed by atoms with Gasteiger partial charge in [0.05, 0.1) is 18.0 Å². The summed E-state index contributed by atoms with van der Waals surface area (Å²) in [5.41, 5.74) is 2.04. The Morgan fingerprint density at radius 2 is 2.08 bits per heavy atom. The van der Waals surface area contributed by atoms with Crippen LogP contribution >= 0.6 is 0 Å². The van der Waals surface area contributed by atoms with E-state index in [-0.39, 0.29) is 0 Å². The summed E-state index contributed by atoms with van der Waals surface area (Å²) >= 11 is 0. The standard InChI is InChI=1S/C9H12N2O/c1-6-9-8(4-3-5-12-9)11-7(2)10-6/h3-5H2,1-2H3. The van der Waals surface area contributed by atoms with Crippen LogP contribution in [0.4, 0.5) is 0 Å². The van der Waals surface area contributed by atoms with E-state index in [2.05, 4.69) is 9.97 Å². The molecule has 1 aromatic heterocycles. The van der Waals surface area contributed by atoms with Crippen LogP contribution in [0.3, 0.4) is 0 Å². The maximum atomic E-state index is 5.48. The lowest BCUT2D eigenvalue weighted by Crippen LogP contribution is -2.13. The van der Waals surface area contributed by atoms with Crippen LogP contribution in [0.25, 0.3) is 0 Å². The minimum absolute atomic E-state index is 0.806. The van der Waals surface area contributed by atoms with E-state index in [1.165, 1.54) is 0 Å². The van der Waals surface area contributed by atoms with Crippen LogP contribution in [0.2, 0.25) is 0 Å². The number of hydrogen-bond donors (Lipinski definition) is 0. The molecule has 0 saturated carbocycles. The number of rotatable bonds is 0. The summed E-state index contributed by atoms with van der Waals surface area (Å²) < 4.78 is 5.48. The van der Waals surface area contributed by atoms with Crippen molar-refractivity contribution in [2.45, 2.75) is 26.7 Å². The lowest BCUT2D eigenvalue weighted by molar-refractivity contribution is 0.280. The molecule has 0 N–H and O–H groups in total. The van der Waals surface area contributed by atoms with Gasteiger partial charge < -0.3 is 4.74 Å². The third-order valence-corrected chi connectivity index (χ3v) is 2.02. The van der Waals surface area contributed by atoms with E-state index in [1.54, 1.807) is 0 Å². The molecule has 0 aromatic carbocycles. The van der Waals surface area contributed by atoms with E-state index in [0.717, 1.165) is 42.4 Å². The summed E-state index contributed by atoms with van der Waals surface area (Å²) in [5.74, 6) is 1.75. The van der Waals surface area contributed by atoms with E-state index < -0.39 is 0 Å². The SMILES string of the molecule is Cc1nc(C)c2c(n1)CCCO2. The first-order valence-electron chi connectivity index (χ1n) is 4.24. The normalized spacial score (nSPS) is 15.2. The van der Waals surface area contributed by atoms with Gasteiger partial charge in [-0.05, 0) is 26.7 Å². The molecule has 2 heterocycles. The first-order chi connectivity index (χ1) is 5.77. The Morgan fingerprint density at radius 3 is 2.92 bits per heavy atom. The minimum Gasteiger partial charge on any atom is -0.490 e. The van der Waals surface area contributed by atoms with E-state index in [1.807, 2.05) is 13.8 Å². The van der Waals surface area contributed by atoms with Gasteiger partial charge in [0.2, 0.25) is 0 Å². The van der Waals surface area contributed by atoms with E-state index in [0.29, 0.717) is 0 Å². The largest absolute Gasteiger partial charge is 0.490 e. The predicted octanol–water partition coefficient (Wildman–Crippen LogP) is 1.42. The van der Waals surface area contributed by atoms with Crippen LogP contribution in [-0.2, 0) is 6.42 Å². The van der Waals surface area contributed by atoms with Gasteiger partial charge in [-0.1, -0.05) is 0 Å². The summed E-state index contributed by atoms with van der Waals surface area (Å²) in [6.07, 6.45) is 2.10. The zero-order valence-corrected chi connectivity index (χ0v) is 7.42. The molecule has 0 amide bonds. The van der Waals surface area contributed by atoms with Crippen molar-refractivity contribution in [2.75, 3.05) is 6.61 Å². The molecule has 12 heavy (non-hydrogen) atoms. The molecule has 0 spiro atoms. The van der Waals surface area contributed by atoms with E-state index in [9.17, 15) is 0 Å². The van der Waals surface area contributed by atoms with Crippen LogP contribution in [0, 0.1) is 13.8 Å². The molecule has 64 valence electrons. The van der Waals surface area contributed by atoms with Crippen LogP contribution in [0.1, 0.15) is 23.6 Å². The topological polar surface area (TPSA) is 35.0 Å². The fourth-order valence-corrected chi connectivity index (χ4v) is 1.54. The molecule has 0 fully saturated rings. The molecule has 1 aliphatic heterocycles. The van der Waals surface area contributed by atoms with Gasteiger partial charge in [0.1, 0.15) is 5.82 Å². The van der Waals surface area contributed by atoms with Crippen LogP contribution in [0.15, 0.2) is 0 Å². The second kappa shape index (κ2) is 2.73. The highest BCUT2D eigenvalue weighted by atomic mass is 16.5. The Morgan fingerprint density at radius 1 is 1.25 bits per heavy atom.